The van der Waals surface area contributed by atoms with E-state index in [-0.39, 0.29) is 36.0 Å². The van der Waals surface area contributed by atoms with Crippen molar-refractivity contribution in [3.63, 3.8) is 0 Å². The van der Waals surface area contributed by atoms with Crippen LogP contribution in [0.3, 0.4) is 0 Å². The number of carbonyl (C=O) groups is 2. The quantitative estimate of drug-likeness (QED) is 0.732. The van der Waals surface area contributed by atoms with Gasteiger partial charge in [0.05, 0.1) is 0 Å². The smallest absolute Gasteiger partial charge is 0.344 e. The van der Waals surface area contributed by atoms with Gasteiger partial charge in [0.25, 0.3) is 5.91 Å². The van der Waals surface area contributed by atoms with Gasteiger partial charge >= 0.3 is 5.97 Å². The average molecular weight is 380 g/mol. The second-order valence-electron chi connectivity index (χ2n) is 8.64. The van der Waals surface area contributed by atoms with E-state index in [9.17, 15) is 9.59 Å². The topological polar surface area (TPSA) is 55.8 Å². The van der Waals surface area contributed by atoms with Crippen LogP contribution < -0.4 is 4.74 Å². The number of hydrogen-bond acceptors (Lipinski definition) is 4. The van der Waals surface area contributed by atoms with Crippen molar-refractivity contribution < 1.29 is 19.1 Å². The Hall–Kier alpha value is -1.75. The maximum absolute atomic E-state index is 12.6. The SMILES string of the molecule is CC1(C)C[C@H]2C[C@](C)(CN2C(=O)COC(=O)COc2ccc(Cl)cc2)C1. The first kappa shape index (κ1) is 19.0. The first-order valence-corrected chi connectivity index (χ1v) is 9.37. The van der Waals surface area contributed by atoms with Crippen molar-refractivity contribution in [3.8, 4) is 5.75 Å². The molecule has 0 spiro atoms. The van der Waals surface area contributed by atoms with E-state index < -0.39 is 5.97 Å². The van der Waals surface area contributed by atoms with Crippen LogP contribution in [0.15, 0.2) is 24.3 Å². The van der Waals surface area contributed by atoms with Gasteiger partial charge in [0, 0.05) is 17.6 Å². The number of nitrogens with zero attached hydrogens (tertiary/aromatic N) is 1. The molecule has 6 heteroatoms. The zero-order chi connectivity index (χ0) is 18.9. The molecule has 1 amide bonds. The van der Waals surface area contributed by atoms with Crippen LogP contribution in [0, 0.1) is 10.8 Å². The van der Waals surface area contributed by atoms with Crippen LogP contribution in [0.4, 0.5) is 0 Å². The predicted octanol–water partition coefficient (Wildman–Crippen LogP) is 3.69. The third-order valence-electron chi connectivity index (χ3n) is 5.26. The lowest BCUT2D eigenvalue weighted by molar-refractivity contribution is -0.154. The highest BCUT2D eigenvalue weighted by Gasteiger charge is 2.50. The fraction of sp³-hybridized carbons (Fsp3) is 0.600. The van der Waals surface area contributed by atoms with Crippen molar-refractivity contribution >= 4 is 23.5 Å². The number of likely N-dealkylation sites (tertiary alicyclic amines) is 1. The van der Waals surface area contributed by atoms with Crippen molar-refractivity contribution in [2.45, 2.75) is 46.1 Å². The predicted molar refractivity (Wildman–Crippen MR) is 99.1 cm³/mol. The van der Waals surface area contributed by atoms with E-state index in [2.05, 4.69) is 20.8 Å². The van der Waals surface area contributed by atoms with Crippen LogP contribution in [-0.2, 0) is 14.3 Å². The van der Waals surface area contributed by atoms with Crippen molar-refractivity contribution in [2.75, 3.05) is 19.8 Å². The lowest BCUT2D eigenvalue weighted by Crippen LogP contribution is -2.40. The zero-order valence-electron chi connectivity index (χ0n) is 15.6. The van der Waals surface area contributed by atoms with E-state index in [4.69, 9.17) is 21.1 Å². The van der Waals surface area contributed by atoms with Crippen molar-refractivity contribution in [1.82, 2.24) is 4.90 Å². The second-order valence-corrected chi connectivity index (χ2v) is 9.08. The molecule has 26 heavy (non-hydrogen) atoms. The number of rotatable bonds is 5. The average Bonchev–Trinajstić information content (AvgIpc) is 2.81. The molecule has 2 fully saturated rings. The second kappa shape index (κ2) is 7.10. The number of esters is 1. The van der Waals surface area contributed by atoms with Gasteiger partial charge in [-0.25, -0.2) is 4.79 Å². The Labute approximate surface area is 159 Å². The van der Waals surface area contributed by atoms with Gasteiger partial charge in [0.2, 0.25) is 0 Å². The lowest BCUT2D eigenvalue weighted by Gasteiger charge is -2.39. The number of ether oxygens (including phenoxy) is 2. The molecule has 2 aliphatic rings. The van der Waals surface area contributed by atoms with Gasteiger partial charge < -0.3 is 14.4 Å². The molecular weight excluding hydrogens is 354 g/mol. The van der Waals surface area contributed by atoms with E-state index in [1.54, 1.807) is 24.3 Å². The highest BCUT2D eigenvalue weighted by Crippen LogP contribution is 2.52. The third-order valence-corrected chi connectivity index (χ3v) is 5.51. The summed E-state index contributed by atoms with van der Waals surface area (Å²) in [5, 5.41) is 0.596. The maximum Gasteiger partial charge on any atom is 0.344 e. The van der Waals surface area contributed by atoms with Crippen molar-refractivity contribution in [2.24, 2.45) is 10.8 Å². The number of fused-ring (bicyclic) bond motifs is 2. The van der Waals surface area contributed by atoms with Crippen LogP contribution in [0.25, 0.3) is 0 Å². The fourth-order valence-corrected chi connectivity index (χ4v) is 4.82. The van der Waals surface area contributed by atoms with Gasteiger partial charge in [-0.3, -0.25) is 4.79 Å². The Morgan fingerprint density at radius 2 is 1.85 bits per heavy atom. The Bertz CT molecular complexity index is 688. The highest BCUT2D eigenvalue weighted by molar-refractivity contribution is 6.30. The summed E-state index contributed by atoms with van der Waals surface area (Å²) < 4.78 is 10.4. The largest absolute Gasteiger partial charge is 0.482 e. The molecule has 0 radical (unpaired) electrons. The number of carbonyl (C=O) groups excluding carboxylic acids is 2. The van der Waals surface area contributed by atoms with Gasteiger partial charge in [0.1, 0.15) is 5.75 Å². The van der Waals surface area contributed by atoms with Crippen molar-refractivity contribution in [3.05, 3.63) is 29.3 Å². The van der Waals surface area contributed by atoms with E-state index in [1.807, 2.05) is 4.90 Å². The molecule has 142 valence electrons. The van der Waals surface area contributed by atoms with Gasteiger partial charge in [-0.1, -0.05) is 32.4 Å². The Morgan fingerprint density at radius 1 is 1.15 bits per heavy atom. The monoisotopic (exact) mass is 379 g/mol. The minimum Gasteiger partial charge on any atom is -0.482 e. The molecule has 1 saturated carbocycles. The molecule has 1 heterocycles. The third kappa shape index (κ3) is 4.50. The molecule has 5 nitrogen and oxygen atoms in total. The van der Waals surface area contributed by atoms with Crippen LogP contribution in [-0.4, -0.2) is 42.6 Å². The normalized spacial score (nSPS) is 26.5. The van der Waals surface area contributed by atoms with E-state index in [1.165, 1.54) is 0 Å². The van der Waals surface area contributed by atoms with Crippen LogP contribution in [0.5, 0.6) is 5.75 Å². The summed E-state index contributed by atoms with van der Waals surface area (Å²) in [6.45, 7) is 7.07. The molecule has 1 aliphatic carbocycles. The molecule has 1 aromatic rings. The summed E-state index contributed by atoms with van der Waals surface area (Å²) in [4.78, 5) is 26.3. The van der Waals surface area contributed by atoms with E-state index in [0.29, 0.717) is 10.8 Å². The summed E-state index contributed by atoms with van der Waals surface area (Å²) in [7, 11) is 0. The minimum atomic E-state index is -0.554. The first-order valence-electron chi connectivity index (χ1n) is 8.99. The van der Waals surface area contributed by atoms with E-state index >= 15 is 0 Å². The lowest BCUT2D eigenvalue weighted by atomic mass is 9.65. The molecule has 0 unspecified atom stereocenters. The number of halogens is 1. The van der Waals surface area contributed by atoms with Gasteiger partial charge in [-0.15, -0.1) is 0 Å². The van der Waals surface area contributed by atoms with E-state index in [0.717, 1.165) is 25.8 Å². The molecule has 0 N–H and O–H groups in total. The Balaban J connectivity index is 1.47. The summed E-state index contributed by atoms with van der Waals surface area (Å²) in [5.74, 6) is -0.139. The summed E-state index contributed by atoms with van der Waals surface area (Å²) in [6, 6.07) is 6.96. The maximum atomic E-state index is 12.6. The molecule has 3 rings (SSSR count). The summed E-state index contributed by atoms with van der Waals surface area (Å²) >= 11 is 5.80. The molecule has 1 aliphatic heterocycles. The van der Waals surface area contributed by atoms with Crippen LogP contribution in [0.2, 0.25) is 5.02 Å². The Morgan fingerprint density at radius 3 is 2.54 bits per heavy atom. The van der Waals surface area contributed by atoms with Gasteiger partial charge in [-0.2, -0.15) is 0 Å². The van der Waals surface area contributed by atoms with Crippen LogP contribution in [0.1, 0.15) is 40.0 Å². The Kier molecular flexibility index (Phi) is 5.20. The number of benzene rings is 1. The molecule has 2 atom stereocenters. The molecule has 0 aromatic heterocycles. The number of amides is 1. The molecular formula is C20H26ClNO4. The molecule has 1 saturated heterocycles. The van der Waals surface area contributed by atoms with Gasteiger partial charge in [0.15, 0.2) is 13.2 Å². The zero-order valence-corrected chi connectivity index (χ0v) is 16.3. The van der Waals surface area contributed by atoms with Gasteiger partial charge in [-0.05, 0) is 54.4 Å². The number of hydrogen-bond donors (Lipinski definition) is 0. The minimum absolute atomic E-state index is 0.115. The molecule has 2 bridgehead atoms. The molecule has 1 aromatic carbocycles. The highest BCUT2D eigenvalue weighted by atomic mass is 35.5. The van der Waals surface area contributed by atoms with Crippen LogP contribution >= 0.6 is 11.6 Å². The standard InChI is InChI=1S/C20H26ClNO4/c1-19(2)8-15-9-20(3,12-19)13-22(15)17(23)10-26-18(24)11-25-16-6-4-14(21)5-7-16/h4-7,15H,8-13H2,1-3H3/t15-,20-/m0/s1. The summed E-state index contributed by atoms with van der Waals surface area (Å²) in [6.07, 6.45) is 3.16. The fourth-order valence-electron chi connectivity index (χ4n) is 4.69. The summed E-state index contributed by atoms with van der Waals surface area (Å²) in [5.41, 5.74) is 0.416. The van der Waals surface area contributed by atoms with Crippen molar-refractivity contribution in [1.29, 1.82) is 0 Å². The first-order chi connectivity index (χ1) is 12.2.